The molecule has 0 aliphatic carbocycles. The van der Waals surface area contributed by atoms with E-state index in [2.05, 4.69) is 33.3 Å². The summed E-state index contributed by atoms with van der Waals surface area (Å²) < 4.78 is 5.18. The molecule has 4 N–H and O–H groups in total. The van der Waals surface area contributed by atoms with Crippen molar-refractivity contribution < 1.29 is 39.5 Å². The van der Waals surface area contributed by atoms with Crippen LogP contribution in [0.15, 0.2) is 48.8 Å². The third-order valence-corrected chi connectivity index (χ3v) is 5.70. The number of piperazine rings is 1. The number of rotatable bonds is 11. The van der Waals surface area contributed by atoms with Crippen LogP contribution in [0.2, 0.25) is 0 Å². The highest BCUT2D eigenvalue weighted by atomic mass is 16.5. The molecule has 2 heterocycles. The predicted molar refractivity (Wildman–Crippen MR) is 138 cm³/mol. The van der Waals surface area contributed by atoms with Gasteiger partial charge in [-0.15, -0.1) is 0 Å². The number of benzene rings is 1. The number of aliphatic hydroxyl groups is 1. The Bertz CT molecular complexity index is 1080. The van der Waals surface area contributed by atoms with Gasteiger partial charge in [-0.25, -0.2) is 14.8 Å². The average Bonchev–Trinajstić information content (AvgIpc) is 2.85. The molecule has 0 atom stereocenters. The molecule has 0 amide bonds. The molecule has 12 heteroatoms. The van der Waals surface area contributed by atoms with Crippen LogP contribution in [0.4, 0.5) is 0 Å². The highest BCUT2D eigenvalue weighted by molar-refractivity contribution is 5.88. The van der Waals surface area contributed by atoms with E-state index >= 15 is 0 Å². The van der Waals surface area contributed by atoms with Crippen molar-refractivity contribution in [3.8, 4) is 17.1 Å². The van der Waals surface area contributed by atoms with Gasteiger partial charge in [0.25, 0.3) is 0 Å². The zero-order valence-corrected chi connectivity index (χ0v) is 21.5. The lowest BCUT2D eigenvalue weighted by Crippen LogP contribution is -2.46. The monoisotopic (exact) mass is 530 g/mol. The Kier molecular flexibility index (Phi) is 11.3. The molecule has 0 radical (unpaired) electrons. The lowest BCUT2D eigenvalue weighted by Gasteiger charge is -2.34. The Labute approximate surface area is 220 Å². The number of ether oxygens (including phenoxy) is 1. The molecule has 1 aromatic heterocycles. The molecule has 1 aromatic carbocycles. The molecule has 0 unspecified atom stereocenters. The van der Waals surface area contributed by atoms with Crippen LogP contribution in [0.3, 0.4) is 0 Å². The molecule has 0 bridgehead atoms. The van der Waals surface area contributed by atoms with Crippen molar-refractivity contribution in [2.24, 2.45) is 0 Å². The lowest BCUT2D eigenvalue weighted by atomic mass is 9.96. The summed E-state index contributed by atoms with van der Waals surface area (Å²) in [5.41, 5.74) is 0.653. The number of carboxylic acids is 3. The molecule has 12 nitrogen and oxygen atoms in total. The number of aliphatic carboxylic acids is 3. The van der Waals surface area contributed by atoms with Crippen LogP contribution in [0, 0.1) is 0 Å². The molecule has 1 aliphatic heterocycles. The molecule has 1 fully saturated rings. The summed E-state index contributed by atoms with van der Waals surface area (Å²) in [5, 5.41) is 33.8. The van der Waals surface area contributed by atoms with E-state index in [1.807, 2.05) is 36.7 Å². The summed E-state index contributed by atoms with van der Waals surface area (Å²) in [4.78, 5) is 44.5. The topological polar surface area (TPSA) is 174 Å². The fourth-order valence-corrected chi connectivity index (χ4v) is 3.79. The van der Waals surface area contributed by atoms with Crippen LogP contribution in [0.25, 0.3) is 11.4 Å². The average molecular weight is 531 g/mol. The minimum atomic E-state index is -2.74. The number of hydrogen-bond donors (Lipinski definition) is 4. The van der Waals surface area contributed by atoms with E-state index in [1.54, 1.807) is 7.11 Å². The van der Waals surface area contributed by atoms with Gasteiger partial charge in [-0.3, -0.25) is 19.4 Å². The Morgan fingerprint density at radius 3 is 1.87 bits per heavy atom. The Morgan fingerprint density at radius 1 is 0.947 bits per heavy atom. The van der Waals surface area contributed by atoms with Crippen molar-refractivity contribution in [2.45, 2.75) is 31.9 Å². The van der Waals surface area contributed by atoms with Gasteiger partial charge in [0.15, 0.2) is 11.4 Å². The van der Waals surface area contributed by atoms with Crippen molar-refractivity contribution in [1.82, 2.24) is 19.8 Å². The standard InChI is InChI=1S/C20H26N4O.C6H8O7/c1-16(2)14-23-8-10-24(11-9-23)15-17-12-21-20(22-13-17)18-4-6-19(25-3)7-5-18;7-3(8)1-6(13,5(11)12)2-4(9)10/h4-7,12-13H,1,8-11,14-15H2,2-3H3;13H,1-2H2,(H,7,8)(H,9,10)(H,11,12). The molecule has 2 aromatic rings. The molecule has 0 spiro atoms. The second-order valence-corrected chi connectivity index (χ2v) is 9.13. The number of nitrogens with zero attached hydrogens (tertiary/aromatic N) is 4. The summed E-state index contributed by atoms with van der Waals surface area (Å²) >= 11 is 0. The van der Waals surface area contributed by atoms with Gasteiger partial charge in [-0.05, 0) is 31.2 Å². The lowest BCUT2D eigenvalue weighted by molar-refractivity contribution is -0.170. The van der Waals surface area contributed by atoms with Crippen molar-refractivity contribution >= 4 is 17.9 Å². The summed E-state index contributed by atoms with van der Waals surface area (Å²) in [5.74, 6) is -3.43. The third-order valence-electron chi connectivity index (χ3n) is 5.70. The van der Waals surface area contributed by atoms with E-state index in [4.69, 9.17) is 25.2 Å². The highest BCUT2D eigenvalue weighted by Gasteiger charge is 2.40. The maximum atomic E-state index is 10.3. The zero-order valence-electron chi connectivity index (χ0n) is 21.5. The minimum Gasteiger partial charge on any atom is -0.497 e. The smallest absolute Gasteiger partial charge is 0.336 e. The summed E-state index contributed by atoms with van der Waals surface area (Å²) in [7, 11) is 1.67. The van der Waals surface area contributed by atoms with Crippen LogP contribution in [-0.2, 0) is 20.9 Å². The summed E-state index contributed by atoms with van der Waals surface area (Å²) in [6, 6.07) is 7.82. The van der Waals surface area contributed by atoms with Gasteiger partial charge < -0.3 is 25.2 Å². The van der Waals surface area contributed by atoms with Gasteiger partial charge in [-0.2, -0.15) is 0 Å². The highest BCUT2D eigenvalue weighted by Crippen LogP contribution is 2.19. The van der Waals surface area contributed by atoms with E-state index in [0.717, 1.165) is 62.0 Å². The predicted octanol–water partition coefficient (Wildman–Crippen LogP) is 1.60. The van der Waals surface area contributed by atoms with Crippen molar-refractivity contribution in [3.63, 3.8) is 0 Å². The first-order chi connectivity index (χ1) is 17.9. The number of hydrogen-bond acceptors (Lipinski definition) is 9. The zero-order chi connectivity index (χ0) is 28.3. The first-order valence-electron chi connectivity index (χ1n) is 11.9. The fourth-order valence-electron chi connectivity index (χ4n) is 3.79. The van der Waals surface area contributed by atoms with Crippen LogP contribution < -0.4 is 4.74 Å². The maximum absolute atomic E-state index is 10.3. The Morgan fingerprint density at radius 2 is 1.45 bits per heavy atom. The largest absolute Gasteiger partial charge is 0.497 e. The number of carboxylic acid groups (broad SMARTS) is 3. The van der Waals surface area contributed by atoms with Gasteiger partial charge in [-0.1, -0.05) is 12.2 Å². The second-order valence-electron chi connectivity index (χ2n) is 9.13. The van der Waals surface area contributed by atoms with E-state index in [9.17, 15) is 14.4 Å². The number of aromatic nitrogens is 2. The normalized spacial score (nSPS) is 14.2. The molecular formula is C26H34N4O8. The summed E-state index contributed by atoms with van der Waals surface area (Å²) in [6.45, 7) is 12.3. The van der Waals surface area contributed by atoms with Gasteiger partial charge in [0.1, 0.15) is 5.75 Å². The fraction of sp³-hybridized carbons (Fsp3) is 0.423. The van der Waals surface area contributed by atoms with Crippen LogP contribution in [0.5, 0.6) is 5.75 Å². The molecule has 0 saturated carbocycles. The Balaban J connectivity index is 0.000000332. The third kappa shape index (κ3) is 9.88. The quantitative estimate of drug-likeness (QED) is 0.309. The van der Waals surface area contributed by atoms with Crippen molar-refractivity contribution in [1.29, 1.82) is 0 Å². The molecule has 206 valence electrons. The number of carbonyl (C=O) groups is 3. The second kappa shape index (κ2) is 14.2. The van der Waals surface area contributed by atoms with Crippen LogP contribution in [-0.4, -0.2) is 104 Å². The van der Waals surface area contributed by atoms with Gasteiger partial charge in [0, 0.05) is 62.8 Å². The molecule has 3 rings (SSSR count). The van der Waals surface area contributed by atoms with E-state index in [1.165, 1.54) is 5.57 Å². The first-order valence-corrected chi connectivity index (χ1v) is 11.9. The van der Waals surface area contributed by atoms with Crippen molar-refractivity contribution in [2.75, 3.05) is 39.8 Å². The maximum Gasteiger partial charge on any atom is 0.336 e. The van der Waals surface area contributed by atoms with E-state index in [0.29, 0.717) is 0 Å². The molecule has 1 aliphatic rings. The van der Waals surface area contributed by atoms with Gasteiger partial charge in [0.2, 0.25) is 0 Å². The molecular weight excluding hydrogens is 496 g/mol. The SMILES string of the molecule is C=C(C)CN1CCN(Cc2cnc(-c3ccc(OC)cc3)nc2)CC1.O=C(O)CC(O)(CC(=O)O)C(=O)O. The van der Waals surface area contributed by atoms with E-state index in [-0.39, 0.29) is 0 Å². The first kappa shape index (κ1) is 30.4. The molecule has 38 heavy (non-hydrogen) atoms. The minimum absolute atomic E-state index is 0.748. The molecule has 1 saturated heterocycles. The number of methoxy groups -OCH3 is 1. The van der Waals surface area contributed by atoms with Crippen LogP contribution >= 0.6 is 0 Å². The van der Waals surface area contributed by atoms with E-state index < -0.39 is 36.4 Å². The summed E-state index contributed by atoms with van der Waals surface area (Å²) in [6.07, 6.45) is 1.59. The van der Waals surface area contributed by atoms with Crippen molar-refractivity contribution in [3.05, 3.63) is 54.4 Å². The van der Waals surface area contributed by atoms with Crippen LogP contribution in [0.1, 0.15) is 25.3 Å². The van der Waals surface area contributed by atoms with Gasteiger partial charge in [0.05, 0.1) is 20.0 Å². The Hall–Kier alpha value is -3.87. The van der Waals surface area contributed by atoms with Gasteiger partial charge >= 0.3 is 17.9 Å².